The second-order valence-electron chi connectivity index (χ2n) is 4.25. The number of halogens is 3. The topological polar surface area (TPSA) is 18.5 Å². The van der Waals surface area contributed by atoms with Crippen molar-refractivity contribution in [2.45, 2.75) is 6.61 Å². The average Bonchev–Trinajstić information content (AvgIpc) is 2.44. The summed E-state index contributed by atoms with van der Waals surface area (Å²) in [6.45, 7) is -5.03. The molecule has 0 aromatic heterocycles. The van der Waals surface area contributed by atoms with Gasteiger partial charge in [0.15, 0.2) is 0 Å². The zero-order valence-corrected chi connectivity index (χ0v) is 15.0. The van der Waals surface area contributed by atoms with Crippen LogP contribution >= 0.6 is 0 Å². The molecule has 0 saturated carbocycles. The number of hydrogen-bond acceptors (Lipinski definition) is 2. The molecule has 0 spiro atoms. The fraction of sp³-hybridized carbons (Fsp3) is 0.143. The minimum atomic E-state index is -5.08. The molecule has 0 unspecified atom stereocenters. The summed E-state index contributed by atoms with van der Waals surface area (Å²) in [6, 6.07) is 12.2. The molecule has 0 aliphatic carbocycles. The Morgan fingerprint density at radius 1 is 1.00 bits per heavy atom. The Morgan fingerprint density at radius 3 is 2.38 bits per heavy atom. The summed E-state index contributed by atoms with van der Waals surface area (Å²) in [6.07, 6.45) is 0. The molecule has 0 atom stereocenters. The van der Waals surface area contributed by atoms with Crippen LogP contribution in [0.1, 0.15) is 5.56 Å². The number of methoxy groups -OCH3 is 1. The van der Waals surface area contributed by atoms with E-state index < -0.39 is 12.4 Å². The molecule has 0 bridgehead atoms. The fourth-order valence-electron chi connectivity index (χ4n) is 1.81. The van der Waals surface area contributed by atoms with Gasteiger partial charge in [-0.3, -0.25) is 0 Å². The third-order valence-electron chi connectivity index (χ3n) is 2.80. The van der Waals surface area contributed by atoms with E-state index in [-0.39, 0.29) is 63.7 Å². The normalized spacial score (nSPS) is 10.7. The summed E-state index contributed by atoms with van der Waals surface area (Å²) in [5.41, 5.74) is 0.0317. The molecule has 0 radical (unpaired) electrons. The molecule has 0 heterocycles. The van der Waals surface area contributed by atoms with Gasteiger partial charge >= 0.3 is 58.4 Å². The Hall–Kier alpha value is -0.469. The van der Waals surface area contributed by atoms with Gasteiger partial charge in [0.25, 0.3) is 0 Å². The molecule has 2 nitrogen and oxygen atoms in total. The van der Waals surface area contributed by atoms with Crippen LogP contribution in [-0.2, 0) is 6.61 Å². The van der Waals surface area contributed by atoms with Crippen LogP contribution in [0.25, 0.3) is 0 Å². The summed E-state index contributed by atoms with van der Waals surface area (Å²) in [5, 5.41) is 0. The van der Waals surface area contributed by atoms with E-state index >= 15 is 0 Å². The van der Waals surface area contributed by atoms with Gasteiger partial charge < -0.3 is 22.4 Å². The van der Waals surface area contributed by atoms with Crippen LogP contribution in [0.4, 0.5) is 12.9 Å². The van der Waals surface area contributed by atoms with E-state index in [1.54, 1.807) is 24.3 Å². The number of ether oxygens (including phenoxy) is 2. The molecule has 2 rings (SSSR count). The molecular formula is C14H13BF3KO2. The van der Waals surface area contributed by atoms with E-state index in [4.69, 9.17) is 9.47 Å². The van der Waals surface area contributed by atoms with Gasteiger partial charge in [-0.15, -0.1) is 0 Å². The van der Waals surface area contributed by atoms with E-state index in [9.17, 15) is 12.9 Å². The van der Waals surface area contributed by atoms with Gasteiger partial charge in [-0.1, -0.05) is 35.8 Å². The monoisotopic (exact) mass is 320 g/mol. The first-order valence-electron chi connectivity index (χ1n) is 6.05. The smallest absolute Gasteiger partial charge is 0.497 e. The molecular weight excluding hydrogens is 307 g/mol. The third-order valence-corrected chi connectivity index (χ3v) is 2.80. The van der Waals surface area contributed by atoms with Gasteiger partial charge in [-0.05, 0) is 23.8 Å². The SMILES string of the molecule is COc1cccc(COc2ccccc2[B-](F)(F)F)c1.[K+]. The minimum Gasteiger partial charge on any atom is -0.497 e. The van der Waals surface area contributed by atoms with Crippen molar-refractivity contribution in [3.05, 3.63) is 54.1 Å². The van der Waals surface area contributed by atoms with Crippen molar-refractivity contribution in [2.24, 2.45) is 0 Å². The predicted molar refractivity (Wildman–Crippen MR) is 72.5 cm³/mol. The van der Waals surface area contributed by atoms with Gasteiger partial charge in [-0.25, -0.2) is 0 Å². The second-order valence-corrected chi connectivity index (χ2v) is 4.25. The third kappa shape index (κ3) is 5.34. The molecule has 106 valence electrons. The van der Waals surface area contributed by atoms with Gasteiger partial charge in [0.1, 0.15) is 12.4 Å². The Labute approximate surface area is 164 Å². The number of benzene rings is 2. The average molecular weight is 320 g/mol. The van der Waals surface area contributed by atoms with Gasteiger partial charge in [0.2, 0.25) is 0 Å². The Kier molecular flexibility index (Phi) is 7.29. The molecule has 7 heteroatoms. The standard InChI is InChI=1S/C14H13BF3O2.K/c1-19-12-6-4-5-11(9-12)10-20-14-8-3-2-7-13(14)15(16,17)18;/h2-9H,10H2,1H3;/q-1;+1. The Morgan fingerprint density at radius 2 is 1.71 bits per heavy atom. The van der Waals surface area contributed by atoms with Crippen molar-refractivity contribution in [1.29, 1.82) is 0 Å². The summed E-state index contributed by atoms with van der Waals surface area (Å²) in [4.78, 5) is 0. The second kappa shape index (κ2) is 8.24. The molecule has 0 fully saturated rings. The molecule has 21 heavy (non-hydrogen) atoms. The van der Waals surface area contributed by atoms with Crippen LogP contribution in [-0.4, -0.2) is 14.1 Å². The van der Waals surface area contributed by atoms with Crippen LogP contribution in [0, 0.1) is 0 Å². The maximum absolute atomic E-state index is 12.9. The Balaban J connectivity index is 0.00000220. The minimum absolute atomic E-state index is 0. The summed E-state index contributed by atoms with van der Waals surface area (Å²) >= 11 is 0. The van der Waals surface area contributed by atoms with Crippen LogP contribution in [0.3, 0.4) is 0 Å². The van der Waals surface area contributed by atoms with Gasteiger partial charge in [0.05, 0.1) is 12.9 Å². The van der Waals surface area contributed by atoms with Crippen molar-refractivity contribution < 1.29 is 73.8 Å². The summed E-state index contributed by atoms with van der Waals surface area (Å²) in [5.74, 6) is 0.488. The molecule has 0 amide bonds. The van der Waals surface area contributed by atoms with Crippen molar-refractivity contribution >= 4 is 12.4 Å². The van der Waals surface area contributed by atoms with Crippen molar-refractivity contribution in [1.82, 2.24) is 0 Å². The van der Waals surface area contributed by atoms with Crippen molar-refractivity contribution in [3.8, 4) is 11.5 Å². The first kappa shape index (κ1) is 18.6. The first-order chi connectivity index (χ1) is 9.50. The molecule has 0 N–H and O–H groups in total. The van der Waals surface area contributed by atoms with Crippen molar-refractivity contribution in [2.75, 3.05) is 7.11 Å². The van der Waals surface area contributed by atoms with Crippen LogP contribution in [0.15, 0.2) is 48.5 Å². The van der Waals surface area contributed by atoms with Crippen LogP contribution in [0.2, 0.25) is 0 Å². The molecule has 0 aliphatic heterocycles. The van der Waals surface area contributed by atoms with Crippen LogP contribution in [0.5, 0.6) is 11.5 Å². The number of rotatable bonds is 5. The molecule has 2 aromatic carbocycles. The molecule has 2 aromatic rings. The maximum atomic E-state index is 12.9. The predicted octanol–water partition coefficient (Wildman–Crippen LogP) is 0.333. The number of para-hydroxylation sites is 1. The van der Waals surface area contributed by atoms with E-state index in [1.165, 1.54) is 25.3 Å². The van der Waals surface area contributed by atoms with Crippen LogP contribution < -0.4 is 66.3 Å². The van der Waals surface area contributed by atoms with Gasteiger partial charge in [-0.2, -0.15) is 0 Å². The van der Waals surface area contributed by atoms with E-state index in [1.807, 2.05) is 0 Å². The van der Waals surface area contributed by atoms with E-state index in [0.29, 0.717) is 5.75 Å². The maximum Gasteiger partial charge on any atom is 1.00 e. The largest absolute Gasteiger partial charge is 1.00 e. The summed E-state index contributed by atoms with van der Waals surface area (Å²) < 4.78 is 48.9. The first-order valence-corrected chi connectivity index (χ1v) is 6.05. The zero-order chi connectivity index (χ0) is 14.6. The number of hydrogen-bond donors (Lipinski definition) is 0. The fourth-order valence-corrected chi connectivity index (χ4v) is 1.81. The Bertz CT molecular complexity index is 590. The van der Waals surface area contributed by atoms with Gasteiger partial charge in [0, 0.05) is 0 Å². The quantitative estimate of drug-likeness (QED) is 0.740. The molecule has 0 aliphatic rings. The zero-order valence-electron chi connectivity index (χ0n) is 11.9. The van der Waals surface area contributed by atoms with Crippen molar-refractivity contribution in [3.63, 3.8) is 0 Å². The summed E-state index contributed by atoms with van der Waals surface area (Å²) in [7, 11) is 1.53. The van der Waals surface area contributed by atoms with E-state index in [0.717, 1.165) is 11.6 Å². The molecule has 0 saturated heterocycles. The van der Waals surface area contributed by atoms with E-state index in [2.05, 4.69) is 0 Å².